The number of hydrogen-bond acceptors (Lipinski definition) is 3. The molecule has 2 radical (unpaired) electrons. The minimum atomic E-state index is -0.933. The quantitative estimate of drug-likeness (QED) is 0.454. The van der Waals surface area contributed by atoms with Crippen molar-refractivity contribution in [3.05, 3.63) is 0 Å². The number of rotatable bonds is 5. The van der Waals surface area contributed by atoms with Crippen LogP contribution in [0.3, 0.4) is 0 Å². The molecule has 0 spiro atoms. The Balaban J connectivity index is -0.000000405. The molecule has 5 N–H and O–H groups in total. The molecule has 0 aliphatic rings. The molecule has 0 bridgehead atoms. The molecule has 0 aromatic carbocycles. The molecule has 0 rings (SSSR count). The van der Waals surface area contributed by atoms with Gasteiger partial charge in [-0.15, -0.1) is 0 Å². The smallest absolute Gasteiger partial charge is 0.320 e. The summed E-state index contributed by atoms with van der Waals surface area (Å²) < 4.78 is 0. The number of nitrogens with two attached hydrogens (primary N) is 2. The number of unbranched alkanes of at least 4 members (excludes halogenated alkanes) is 1. The van der Waals surface area contributed by atoms with E-state index in [2.05, 4.69) is 0 Å². The molecule has 0 saturated heterocycles. The van der Waals surface area contributed by atoms with Crippen LogP contribution in [0.4, 0.5) is 0 Å². The predicted octanol–water partition coefficient (Wildman–Crippen LogP) is -0.856. The summed E-state index contributed by atoms with van der Waals surface area (Å²) in [7, 11) is 0. The Bertz CT molecular complexity index is 116. The van der Waals surface area contributed by atoms with Crippen LogP contribution in [-0.2, 0) is 24.3 Å². The van der Waals surface area contributed by atoms with Gasteiger partial charge in [-0.05, 0) is 19.4 Å². The summed E-state index contributed by atoms with van der Waals surface area (Å²) in [6.07, 6.45) is 2.16. The average Bonchev–Trinajstić information content (AvgIpc) is 1.88. The van der Waals surface area contributed by atoms with E-state index in [0.717, 1.165) is 12.8 Å². The molecule has 4 nitrogen and oxygen atoms in total. The van der Waals surface area contributed by atoms with E-state index in [9.17, 15) is 4.79 Å². The molecule has 0 fully saturated rings. The van der Waals surface area contributed by atoms with Gasteiger partial charge in [0.15, 0.2) is 0 Å². The Morgan fingerprint density at radius 1 is 1.42 bits per heavy atom. The normalized spacial score (nSPS) is 10.8. The van der Waals surface area contributed by atoms with Crippen LogP contribution in [0.25, 0.3) is 0 Å². The molecule has 68 valence electrons. The van der Waals surface area contributed by atoms with Crippen LogP contribution in [0.5, 0.6) is 0 Å². The van der Waals surface area contributed by atoms with Crippen molar-refractivity contribution >= 4 is 23.0 Å². The third-order valence-electron chi connectivity index (χ3n) is 1.29. The van der Waals surface area contributed by atoms with Crippen LogP contribution in [-0.4, -0.2) is 40.7 Å². The number of aliphatic carboxylic acids is 1. The Hall–Kier alpha value is 0.533. The Kier molecular flexibility index (Phi) is 17.6. The van der Waals surface area contributed by atoms with Gasteiger partial charge in [0.1, 0.15) is 6.04 Å². The van der Waals surface area contributed by atoms with Crippen molar-refractivity contribution in [1.29, 1.82) is 0 Å². The Morgan fingerprint density at radius 2 is 1.92 bits per heavy atom. The zero-order chi connectivity index (χ0) is 7.98. The van der Waals surface area contributed by atoms with E-state index in [0.29, 0.717) is 13.0 Å². The van der Waals surface area contributed by atoms with Crippen LogP contribution in [0.2, 0.25) is 0 Å². The molecule has 0 aromatic heterocycles. The van der Waals surface area contributed by atoms with Gasteiger partial charge in [0.05, 0.1) is 0 Å². The van der Waals surface area contributed by atoms with Crippen molar-refractivity contribution < 1.29 is 29.4 Å². The van der Waals surface area contributed by atoms with Gasteiger partial charge in [-0.3, -0.25) is 4.79 Å². The molecular weight excluding hydrogens is 276 g/mol. The van der Waals surface area contributed by atoms with Gasteiger partial charge >= 0.3 is 5.97 Å². The summed E-state index contributed by atoms with van der Waals surface area (Å²) in [5.74, 6) is -0.933. The van der Waals surface area contributed by atoms with Crippen molar-refractivity contribution in [3.8, 4) is 0 Å². The summed E-state index contributed by atoms with van der Waals surface area (Å²) in [4.78, 5) is 10.1. The van der Waals surface area contributed by atoms with Crippen molar-refractivity contribution in [2.24, 2.45) is 11.5 Å². The van der Waals surface area contributed by atoms with Gasteiger partial charge in [0.2, 0.25) is 0 Å². The first kappa shape index (κ1) is 18.3. The first-order chi connectivity index (χ1) is 4.68. The fraction of sp³-hybridized carbons (Fsp3) is 0.833. The van der Waals surface area contributed by atoms with Crippen molar-refractivity contribution in [3.63, 3.8) is 0 Å². The van der Waals surface area contributed by atoms with Gasteiger partial charge in [-0.1, -0.05) is 6.42 Å². The second-order valence-corrected chi connectivity index (χ2v) is 2.23. The van der Waals surface area contributed by atoms with Crippen LogP contribution in [0, 0.1) is 0 Å². The molecule has 6 heteroatoms. The minimum absolute atomic E-state index is 0. The topological polar surface area (TPSA) is 89.3 Å². The monoisotopic (exact) mass is 290 g/mol. The fourth-order valence-electron chi connectivity index (χ4n) is 0.632. The molecule has 0 unspecified atom stereocenters. The van der Waals surface area contributed by atoms with Gasteiger partial charge in [0, 0.05) is 36.5 Å². The number of hydrogen-bond donors (Lipinski definition) is 3. The van der Waals surface area contributed by atoms with E-state index < -0.39 is 12.0 Å². The van der Waals surface area contributed by atoms with Gasteiger partial charge < -0.3 is 16.6 Å². The molecule has 12 heavy (non-hydrogen) atoms. The van der Waals surface area contributed by atoms with E-state index in [-0.39, 0.29) is 36.5 Å². The van der Waals surface area contributed by atoms with E-state index in [4.69, 9.17) is 16.6 Å². The van der Waals surface area contributed by atoms with E-state index in [1.165, 1.54) is 0 Å². The first-order valence-electron chi connectivity index (χ1n) is 3.37. The van der Waals surface area contributed by atoms with Crippen molar-refractivity contribution in [2.75, 3.05) is 6.54 Å². The second-order valence-electron chi connectivity index (χ2n) is 2.23. The molecule has 0 saturated carbocycles. The van der Waals surface area contributed by atoms with Crippen LogP contribution < -0.4 is 11.5 Å². The number of carboxylic acids is 1. The summed E-state index contributed by atoms with van der Waals surface area (Å²) in [6.45, 7) is 0.604. The maximum absolute atomic E-state index is 10.1. The zero-order valence-corrected chi connectivity index (χ0v) is 11.7. The SMILES string of the molecule is NCCCC[C@H](N)C(=O)O.[Se].[Zn]. The number of carbonyl (C=O) groups is 1. The predicted molar refractivity (Wildman–Crippen MR) is 44.3 cm³/mol. The molecule has 0 aliphatic carbocycles. The maximum atomic E-state index is 10.1. The maximum Gasteiger partial charge on any atom is 0.320 e. The summed E-state index contributed by atoms with van der Waals surface area (Å²) in [5.41, 5.74) is 10.4. The molecule has 0 heterocycles. The Labute approximate surface area is 95.7 Å². The van der Waals surface area contributed by atoms with Gasteiger partial charge in [0.25, 0.3) is 0 Å². The summed E-state index contributed by atoms with van der Waals surface area (Å²) in [6, 6.07) is -0.716. The fourth-order valence-corrected chi connectivity index (χ4v) is 0.632. The molecule has 0 amide bonds. The summed E-state index contributed by atoms with van der Waals surface area (Å²) >= 11 is 0. The average molecular weight is 291 g/mol. The Morgan fingerprint density at radius 3 is 2.25 bits per heavy atom. The van der Waals surface area contributed by atoms with E-state index >= 15 is 0 Å². The van der Waals surface area contributed by atoms with Crippen LogP contribution in [0.15, 0.2) is 0 Å². The minimum Gasteiger partial charge on any atom is -0.480 e. The van der Waals surface area contributed by atoms with Crippen molar-refractivity contribution in [2.45, 2.75) is 25.3 Å². The first-order valence-corrected chi connectivity index (χ1v) is 3.37. The molecule has 0 aromatic rings. The van der Waals surface area contributed by atoms with Crippen LogP contribution >= 0.6 is 0 Å². The van der Waals surface area contributed by atoms with Gasteiger partial charge in [-0.2, -0.15) is 0 Å². The third kappa shape index (κ3) is 10.5. The van der Waals surface area contributed by atoms with E-state index in [1.54, 1.807) is 0 Å². The van der Waals surface area contributed by atoms with Crippen molar-refractivity contribution in [1.82, 2.24) is 0 Å². The molecule has 0 aliphatic heterocycles. The zero-order valence-electron chi connectivity index (χ0n) is 7.03. The number of carboxylic acid groups (broad SMARTS) is 1. The van der Waals surface area contributed by atoms with E-state index in [1.807, 2.05) is 0 Å². The molecular formula is C6H14N2O2SeZn. The summed E-state index contributed by atoms with van der Waals surface area (Å²) in [5, 5.41) is 8.33. The largest absolute Gasteiger partial charge is 0.480 e. The third-order valence-corrected chi connectivity index (χ3v) is 1.29. The second kappa shape index (κ2) is 11.5. The molecule has 1 atom stereocenters. The van der Waals surface area contributed by atoms with Crippen LogP contribution in [0.1, 0.15) is 19.3 Å². The standard InChI is InChI=1S/C6H14N2O2.Se.Zn/c7-4-2-1-3-5(8)6(9)10;;/h5H,1-4,7-8H2,(H,9,10);;/t5-;;/m0../s1. The van der Waals surface area contributed by atoms with Gasteiger partial charge in [-0.25, -0.2) is 0 Å².